The van der Waals surface area contributed by atoms with Crippen molar-refractivity contribution in [3.63, 3.8) is 0 Å². The fourth-order valence-electron chi connectivity index (χ4n) is 2.73. The number of hydrogen-bond acceptors (Lipinski definition) is 0. The minimum Gasteiger partial charge on any atom is -0.269 e. The maximum Gasteiger partial charge on any atom is -0.00107 e. The molecule has 3 rings (SSSR count). The van der Waals surface area contributed by atoms with Gasteiger partial charge >= 0.3 is 0 Å². The number of hydrogen-bond donors (Lipinski definition) is 0. The van der Waals surface area contributed by atoms with E-state index in [0.717, 1.165) is 6.42 Å². The lowest BCUT2D eigenvalue weighted by atomic mass is 9.98. The molecular formula is C16H17F. The summed E-state index contributed by atoms with van der Waals surface area (Å²) < 4.78 is 0. The van der Waals surface area contributed by atoms with Crippen LogP contribution in [0.4, 0.5) is 4.70 Å². The smallest absolute Gasteiger partial charge is 0.00107 e. The third-order valence-corrected chi connectivity index (χ3v) is 3.47. The van der Waals surface area contributed by atoms with Crippen LogP contribution in [0.1, 0.15) is 30.0 Å². The van der Waals surface area contributed by atoms with Crippen molar-refractivity contribution in [2.75, 3.05) is 0 Å². The zero-order valence-corrected chi connectivity index (χ0v) is 10.1. The van der Waals surface area contributed by atoms with Crippen molar-refractivity contribution in [2.45, 2.75) is 26.2 Å². The number of halogens is 1. The highest BCUT2D eigenvalue weighted by atomic mass is 19.0. The van der Waals surface area contributed by atoms with Gasteiger partial charge in [0.2, 0.25) is 0 Å². The number of benzene rings is 2. The lowest BCUT2D eigenvalue weighted by Gasteiger charge is -2.06. The van der Waals surface area contributed by atoms with Gasteiger partial charge in [0.25, 0.3) is 0 Å². The molecule has 0 aromatic heterocycles. The molecule has 1 heteroatoms. The third kappa shape index (κ3) is 1.86. The molecule has 1 aliphatic carbocycles. The first-order valence-electron chi connectivity index (χ1n) is 6.09. The summed E-state index contributed by atoms with van der Waals surface area (Å²) in [6, 6.07) is 15.5. The van der Waals surface area contributed by atoms with Gasteiger partial charge in [0.15, 0.2) is 0 Å². The van der Waals surface area contributed by atoms with Gasteiger partial charge in [0.05, 0.1) is 0 Å². The van der Waals surface area contributed by atoms with E-state index in [1.54, 1.807) is 5.56 Å². The fraction of sp³-hybridized carbons (Fsp3) is 0.250. The van der Waals surface area contributed by atoms with Gasteiger partial charge in [-0.2, -0.15) is 0 Å². The van der Waals surface area contributed by atoms with Crippen molar-refractivity contribution < 1.29 is 4.70 Å². The zero-order valence-electron chi connectivity index (χ0n) is 10.1. The molecule has 0 N–H and O–H groups in total. The minimum atomic E-state index is 0. The van der Waals surface area contributed by atoms with Gasteiger partial charge in [0.1, 0.15) is 0 Å². The molecule has 0 saturated carbocycles. The van der Waals surface area contributed by atoms with Crippen molar-refractivity contribution in [1.29, 1.82) is 0 Å². The first-order chi connectivity index (χ1) is 7.90. The Morgan fingerprint density at radius 3 is 2.53 bits per heavy atom. The number of fused-ring (bicyclic) bond motifs is 3. The van der Waals surface area contributed by atoms with E-state index in [-0.39, 0.29) is 4.70 Å². The van der Waals surface area contributed by atoms with Gasteiger partial charge in [-0.05, 0) is 40.7 Å². The van der Waals surface area contributed by atoms with E-state index < -0.39 is 0 Å². The van der Waals surface area contributed by atoms with E-state index >= 15 is 0 Å². The molecule has 0 saturated heterocycles. The molecule has 0 fully saturated rings. The molecule has 0 spiro atoms. The van der Waals surface area contributed by atoms with Crippen molar-refractivity contribution in [1.82, 2.24) is 0 Å². The Kier molecular flexibility index (Phi) is 3.28. The fourth-order valence-corrected chi connectivity index (χ4v) is 2.73. The lowest BCUT2D eigenvalue weighted by molar-refractivity contribution is 0.908. The van der Waals surface area contributed by atoms with Gasteiger partial charge in [-0.15, -0.1) is 0 Å². The van der Waals surface area contributed by atoms with Crippen LogP contribution < -0.4 is 0 Å². The van der Waals surface area contributed by atoms with E-state index in [1.807, 2.05) is 0 Å². The summed E-state index contributed by atoms with van der Waals surface area (Å²) >= 11 is 0. The molecule has 2 aromatic rings. The second kappa shape index (κ2) is 4.70. The van der Waals surface area contributed by atoms with Crippen LogP contribution in [-0.4, -0.2) is 0 Å². The Hall–Kier alpha value is -1.63. The second-order valence-electron chi connectivity index (χ2n) is 4.53. The van der Waals surface area contributed by atoms with Crippen LogP contribution >= 0.6 is 0 Å². The van der Waals surface area contributed by atoms with Gasteiger partial charge in [-0.25, -0.2) is 0 Å². The summed E-state index contributed by atoms with van der Waals surface area (Å²) in [6.07, 6.45) is 3.56. The number of aryl methyl sites for hydroxylation is 1. The largest absolute Gasteiger partial charge is 0.269 e. The van der Waals surface area contributed by atoms with Crippen LogP contribution in [-0.2, 0) is 12.8 Å². The van der Waals surface area contributed by atoms with Gasteiger partial charge in [0, 0.05) is 0 Å². The average molecular weight is 228 g/mol. The average Bonchev–Trinajstić information content (AvgIpc) is 2.69. The minimum absolute atomic E-state index is 0. The van der Waals surface area contributed by atoms with Crippen molar-refractivity contribution >= 4 is 0 Å². The van der Waals surface area contributed by atoms with Crippen LogP contribution in [0.2, 0.25) is 0 Å². The molecule has 17 heavy (non-hydrogen) atoms. The molecule has 0 heterocycles. The Morgan fingerprint density at radius 1 is 0.941 bits per heavy atom. The second-order valence-corrected chi connectivity index (χ2v) is 4.53. The van der Waals surface area contributed by atoms with Crippen molar-refractivity contribution in [2.24, 2.45) is 0 Å². The topological polar surface area (TPSA) is 0 Å². The SMILES string of the molecule is CCCc1cccc2c1Cc1ccccc1-2.F. The summed E-state index contributed by atoms with van der Waals surface area (Å²) in [6.45, 7) is 2.25. The predicted molar refractivity (Wildman–Crippen MR) is 71.2 cm³/mol. The van der Waals surface area contributed by atoms with Crippen LogP contribution in [0.25, 0.3) is 11.1 Å². The highest BCUT2D eigenvalue weighted by molar-refractivity contribution is 5.77. The molecule has 0 radical (unpaired) electrons. The molecule has 0 amide bonds. The zero-order chi connectivity index (χ0) is 11.0. The molecule has 0 bridgehead atoms. The van der Waals surface area contributed by atoms with E-state index in [1.165, 1.54) is 35.1 Å². The first-order valence-corrected chi connectivity index (χ1v) is 6.09. The molecule has 0 atom stereocenters. The Morgan fingerprint density at radius 2 is 1.71 bits per heavy atom. The Balaban J connectivity index is 0.00000108. The molecule has 0 nitrogen and oxygen atoms in total. The van der Waals surface area contributed by atoms with Crippen LogP contribution in [0.15, 0.2) is 42.5 Å². The summed E-state index contributed by atoms with van der Waals surface area (Å²) in [5, 5.41) is 0. The maximum atomic E-state index is 2.29. The van der Waals surface area contributed by atoms with Gasteiger partial charge < -0.3 is 0 Å². The molecule has 0 unspecified atom stereocenters. The van der Waals surface area contributed by atoms with Crippen molar-refractivity contribution in [3.8, 4) is 11.1 Å². The molecule has 2 aromatic carbocycles. The third-order valence-electron chi connectivity index (χ3n) is 3.47. The van der Waals surface area contributed by atoms with E-state index in [9.17, 15) is 0 Å². The molecule has 0 aliphatic heterocycles. The lowest BCUT2D eigenvalue weighted by Crippen LogP contribution is -1.91. The highest BCUT2D eigenvalue weighted by Gasteiger charge is 2.19. The van der Waals surface area contributed by atoms with Crippen LogP contribution in [0.3, 0.4) is 0 Å². The Bertz CT molecular complexity index is 529. The molecule has 88 valence electrons. The van der Waals surface area contributed by atoms with E-state index in [4.69, 9.17) is 0 Å². The van der Waals surface area contributed by atoms with E-state index in [2.05, 4.69) is 49.4 Å². The predicted octanol–water partition coefficient (Wildman–Crippen LogP) is 4.36. The molecule has 1 aliphatic rings. The van der Waals surface area contributed by atoms with Crippen LogP contribution in [0.5, 0.6) is 0 Å². The van der Waals surface area contributed by atoms with Crippen molar-refractivity contribution in [3.05, 3.63) is 59.2 Å². The summed E-state index contributed by atoms with van der Waals surface area (Å²) in [5.74, 6) is 0. The first kappa shape index (κ1) is 11.8. The van der Waals surface area contributed by atoms with Gasteiger partial charge in [-0.3, -0.25) is 4.70 Å². The summed E-state index contributed by atoms with van der Waals surface area (Å²) in [4.78, 5) is 0. The summed E-state index contributed by atoms with van der Waals surface area (Å²) in [7, 11) is 0. The maximum absolute atomic E-state index is 2.29. The normalized spacial score (nSPS) is 11.6. The Labute approximate surface area is 102 Å². The standard InChI is InChI=1S/C16H16.FH/c1-2-6-12-8-5-10-15-14-9-4-3-7-13(14)11-16(12)15;/h3-5,7-10H,2,6,11H2,1H3;1H. The monoisotopic (exact) mass is 228 g/mol. The quantitative estimate of drug-likeness (QED) is 0.611. The van der Waals surface area contributed by atoms with Crippen LogP contribution in [0, 0.1) is 0 Å². The summed E-state index contributed by atoms with van der Waals surface area (Å²) in [5.41, 5.74) is 7.49. The highest BCUT2D eigenvalue weighted by Crippen LogP contribution is 2.38. The molecular weight excluding hydrogens is 211 g/mol. The number of rotatable bonds is 2. The van der Waals surface area contributed by atoms with E-state index in [0.29, 0.717) is 0 Å². The van der Waals surface area contributed by atoms with Gasteiger partial charge in [-0.1, -0.05) is 55.8 Å².